The van der Waals surface area contributed by atoms with E-state index in [1.54, 1.807) is 36.4 Å². The predicted molar refractivity (Wildman–Crippen MR) is 124 cm³/mol. The van der Waals surface area contributed by atoms with Crippen LogP contribution in [0.2, 0.25) is 5.02 Å². The van der Waals surface area contributed by atoms with Gasteiger partial charge in [0.1, 0.15) is 11.3 Å². The van der Waals surface area contributed by atoms with Crippen LogP contribution in [0.15, 0.2) is 62.4 Å². The molecule has 1 aliphatic heterocycles. The third-order valence-corrected chi connectivity index (χ3v) is 6.10. The maximum absolute atomic E-state index is 13.7. The molecule has 0 saturated carbocycles. The van der Waals surface area contributed by atoms with Crippen LogP contribution in [0.4, 0.5) is 0 Å². The van der Waals surface area contributed by atoms with Gasteiger partial charge in [-0.05, 0) is 42.5 Å². The molecule has 0 bridgehead atoms. The minimum absolute atomic E-state index is 0.0341. The Kier molecular flexibility index (Phi) is 5.45. The zero-order valence-corrected chi connectivity index (χ0v) is 19.3. The van der Waals surface area contributed by atoms with Gasteiger partial charge in [-0.3, -0.25) is 9.59 Å². The number of rotatable bonds is 6. The highest BCUT2D eigenvalue weighted by atomic mass is 35.5. The molecule has 0 radical (unpaired) electrons. The SMILES string of the molecule is COc1ccc(C2c3c(oc4ccc(Cl)cc4c3=O)C(=O)N2Cc2ccco2)c(OC)c1OC. The third kappa shape index (κ3) is 3.30. The van der Waals surface area contributed by atoms with Crippen molar-refractivity contribution in [3.05, 3.63) is 86.6 Å². The van der Waals surface area contributed by atoms with Crippen LogP contribution in [0.1, 0.15) is 33.5 Å². The fourth-order valence-electron chi connectivity index (χ4n) is 4.39. The Morgan fingerprint density at radius 2 is 1.79 bits per heavy atom. The summed E-state index contributed by atoms with van der Waals surface area (Å²) in [5, 5.41) is 0.667. The van der Waals surface area contributed by atoms with Gasteiger partial charge >= 0.3 is 0 Å². The number of carbonyl (C=O) groups excluding carboxylic acids is 1. The molecule has 0 aliphatic carbocycles. The van der Waals surface area contributed by atoms with Gasteiger partial charge in [0.15, 0.2) is 16.9 Å². The van der Waals surface area contributed by atoms with Gasteiger partial charge < -0.3 is 27.9 Å². The minimum Gasteiger partial charge on any atom is -0.493 e. The maximum atomic E-state index is 13.7. The van der Waals surface area contributed by atoms with Crippen LogP contribution in [0.3, 0.4) is 0 Å². The molecule has 5 rings (SSSR count). The number of hydrogen-bond donors (Lipinski definition) is 0. The van der Waals surface area contributed by atoms with E-state index in [1.165, 1.54) is 38.6 Å². The number of hydrogen-bond acceptors (Lipinski definition) is 7. The van der Waals surface area contributed by atoms with Crippen LogP contribution in [0.5, 0.6) is 17.2 Å². The van der Waals surface area contributed by atoms with Crippen molar-refractivity contribution in [3.8, 4) is 17.2 Å². The van der Waals surface area contributed by atoms with E-state index in [4.69, 9.17) is 34.6 Å². The fourth-order valence-corrected chi connectivity index (χ4v) is 4.56. The van der Waals surface area contributed by atoms with Crippen molar-refractivity contribution >= 4 is 28.5 Å². The van der Waals surface area contributed by atoms with Crippen LogP contribution >= 0.6 is 11.6 Å². The molecular weight excluding hydrogens is 462 g/mol. The van der Waals surface area contributed by atoms with Gasteiger partial charge in [0.25, 0.3) is 5.91 Å². The largest absolute Gasteiger partial charge is 0.493 e. The molecule has 3 heterocycles. The van der Waals surface area contributed by atoms with Crippen LogP contribution < -0.4 is 19.6 Å². The van der Waals surface area contributed by atoms with E-state index in [-0.39, 0.29) is 34.3 Å². The summed E-state index contributed by atoms with van der Waals surface area (Å²) in [4.78, 5) is 28.8. The molecule has 1 unspecified atom stereocenters. The molecule has 0 spiro atoms. The first kappa shape index (κ1) is 21.9. The molecule has 174 valence electrons. The normalized spacial score (nSPS) is 15.0. The van der Waals surface area contributed by atoms with E-state index < -0.39 is 11.9 Å². The minimum atomic E-state index is -0.831. The predicted octanol–water partition coefficient (Wildman–Crippen LogP) is 4.81. The summed E-state index contributed by atoms with van der Waals surface area (Å²) in [6.45, 7) is 0.106. The summed E-state index contributed by atoms with van der Waals surface area (Å²) < 4.78 is 28.1. The molecule has 4 aromatic rings. The van der Waals surface area contributed by atoms with Gasteiger partial charge in [0.05, 0.1) is 51.1 Å². The second-order valence-corrected chi connectivity index (χ2v) is 8.09. The van der Waals surface area contributed by atoms with Crippen LogP contribution in [-0.4, -0.2) is 32.1 Å². The third-order valence-electron chi connectivity index (χ3n) is 5.86. The van der Waals surface area contributed by atoms with Crippen molar-refractivity contribution in [2.45, 2.75) is 12.6 Å². The second kappa shape index (κ2) is 8.46. The molecule has 2 aromatic carbocycles. The van der Waals surface area contributed by atoms with E-state index in [9.17, 15) is 9.59 Å². The monoisotopic (exact) mass is 481 g/mol. The van der Waals surface area contributed by atoms with Gasteiger partial charge in [0, 0.05) is 10.6 Å². The molecule has 8 nitrogen and oxygen atoms in total. The first-order valence-electron chi connectivity index (χ1n) is 10.4. The molecule has 1 amide bonds. The first-order valence-corrected chi connectivity index (χ1v) is 10.7. The number of benzene rings is 2. The lowest BCUT2D eigenvalue weighted by molar-refractivity contribution is 0.0699. The summed E-state index contributed by atoms with van der Waals surface area (Å²) in [5.41, 5.74) is 0.652. The van der Waals surface area contributed by atoms with Gasteiger partial charge in [0.2, 0.25) is 11.5 Å². The van der Waals surface area contributed by atoms with E-state index in [0.29, 0.717) is 33.6 Å². The summed E-state index contributed by atoms with van der Waals surface area (Å²) in [6, 6.07) is 10.8. The summed E-state index contributed by atoms with van der Waals surface area (Å²) in [5.74, 6) is 1.20. The maximum Gasteiger partial charge on any atom is 0.291 e. The molecule has 2 aromatic heterocycles. The standard InChI is InChI=1S/C25H20ClNO7/c1-30-18-9-7-15(22(31-2)23(18)32-3)20-19-21(28)16-11-13(26)6-8-17(16)34-24(19)25(29)27(20)12-14-5-4-10-33-14/h4-11,20H,12H2,1-3H3. The summed E-state index contributed by atoms with van der Waals surface area (Å²) >= 11 is 6.15. The van der Waals surface area contributed by atoms with Crippen molar-refractivity contribution in [1.29, 1.82) is 0 Å². The van der Waals surface area contributed by atoms with Crippen molar-refractivity contribution < 1.29 is 27.8 Å². The van der Waals surface area contributed by atoms with Gasteiger partial charge in [-0.1, -0.05) is 11.6 Å². The molecule has 0 fully saturated rings. The zero-order valence-electron chi connectivity index (χ0n) is 18.6. The summed E-state index contributed by atoms with van der Waals surface area (Å²) in [7, 11) is 4.49. The quantitative estimate of drug-likeness (QED) is 0.390. The Balaban J connectivity index is 1.80. The van der Waals surface area contributed by atoms with Gasteiger partial charge in [-0.25, -0.2) is 0 Å². The first-order chi connectivity index (χ1) is 16.5. The number of carbonyl (C=O) groups is 1. The molecule has 1 atom stereocenters. The Morgan fingerprint density at radius 3 is 2.47 bits per heavy atom. The van der Waals surface area contributed by atoms with Gasteiger partial charge in [-0.2, -0.15) is 0 Å². The van der Waals surface area contributed by atoms with E-state index in [2.05, 4.69) is 0 Å². The number of nitrogens with zero attached hydrogens (tertiary/aromatic N) is 1. The van der Waals surface area contributed by atoms with Crippen LogP contribution in [0, 0.1) is 0 Å². The lowest BCUT2D eigenvalue weighted by Crippen LogP contribution is -2.29. The average Bonchev–Trinajstić information content (AvgIpc) is 3.46. The van der Waals surface area contributed by atoms with Crippen LogP contribution in [0.25, 0.3) is 11.0 Å². The van der Waals surface area contributed by atoms with Crippen molar-refractivity contribution in [1.82, 2.24) is 4.90 Å². The molecule has 0 saturated heterocycles. The number of halogens is 1. The highest BCUT2D eigenvalue weighted by molar-refractivity contribution is 6.31. The number of fused-ring (bicyclic) bond motifs is 2. The Labute approximate surface area is 199 Å². The van der Waals surface area contributed by atoms with Gasteiger partial charge in [-0.15, -0.1) is 0 Å². The Hall–Kier alpha value is -3.91. The van der Waals surface area contributed by atoms with E-state index in [0.717, 1.165) is 0 Å². The molecule has 9 heteroatoms. The fraction of sp³-hybridized carbons (Fsp3) is 0.200. The van der Waals surface area contributed by atoms with Crippen molar-refractivity contribution in [3.63, 3.8) is 0 Å². The number of methoxy groups -OCH3 is 3. The highest BCUT2D eigenvalue weighted by Crippen LogP contribution is 2.48. The number of furan rings is 1. The Bertz CT molecular complexity index is 1460. The second-order valence-electron chi connectivity index (χ2n) is 7.65. The molecule has 34 heavy (non-hydrogen) atoms. The zero-order chi connectivity index (χ0) is 24.0. The number of ether oxygens (including phenoxy) is 3. The smallest absolute Gasteiger partial charge is 0.291 e. The van der Waals surface area contributed by atoms with Crippen LogP contribution in [-0.2, 0) is 6.54 Å². The topological polar surface area (TPSA) is 91.4 Å². The van der Waals surface area contributed by atoms with Crippen molar-refractivity contribution in [2.24, 2.45) is 0 Å². The average molecular weight is 482 g/mol. The Morgan fingerprint density at radius 1 is 1.00 bits per heavy atom. The highest BCUT2D eigenvalue weighted by Gasteiger charge is 2.45. The van der Waals surface area contributed by atoms with E-state index >= 15 is 0 Å². The lowest BCUT2D eigenvalue weighted by atomic mass is 9.97. The van der Waals surface area contributed by atoms with Crippen molar-refractivity contribution in [2.75, 3.05) is 21.3 Å². The lowest BCUT2D eigenvalue weighted by Gasteiger charge is -2.26. The summed E-state index contributed by atoms with van der Waals surface area (Å²) in [6.07, 6.45) is 1.52. The molecule has 1 aliphatic rings. The van der Waals surface area contributed by atoms with E-state index in [1.807, 2.05) is 0 Å². The molecule has 0 N–H and O–H groups in total. The number of amides is 1. The molecular formula is C25H20ClNO7.